The Morgan fingerprint density at radius 1 is 1.05 bits per heavy atom. The van der Waals surface area contributed by atoms with E-state index < -0.39 is 0 Å². The van der Waals surface area contributed by atoms with Crippen LogP contribution in [0.15, 0.2) is 30.3 Å². The van der Waals surface area contributed by atoms with Crippen LogP contribution in [0, 0.1) is 0 Å². The highest BCUT2D eigenvalue weighted by Gasteiger charge is 2.32. The van der Waals surface area contributed by atoms with Crippen molar-refractivity contribution in [1.82, 2.24) is 4.90 Å². The van der Waals surface area contributed by atoms with E-state index in [1.165, 1.54) is 4.90 Å². The molecule has 4 heteroatoms. The maximum absolute atomic E-state index is 12.7. The number of imide groups is 1. The van der Waals surface area contributed by atoms with Gasteiger partial charge in [-0.2, -0.15) is 0 Å². The number of rotatable bonds is 5. The summed E-state index contributed by atoms with van der Waals surface area (Å²) in [6.07, 6.45) is 4.13. The van der Waals surface area contributed by atoms with E-state index in [0.29, 0.717) is 28.1 Å². The van der Waals surface area contributed by atoms with Crippen molar-refractivity contribution in [1.29, 1.82) is 0 Å². The van der Waals surface area contributed by atoms with Crippen LogP contribution >= 0.6 is 11.6 Å². The second-order valence-corrected chi connectivity index (χ2v) is 6.05. The molecule has 0 N–H and O–H groups in total. The first kappa shape index (κ1) is 15.0. The highest BCUT2D eigenvalue weighted by molar-refractivity contribution is 6.38. The third-order valence-electron chi connectivity index (χ3n) is 4.17. The molecule has 2 amide bonds. The summed E-state index contributed by atoms with van der Waals surface area (Å²) in [6.45, 7) is 2.62. The number of hydrogen-bond donors (Lipinski definition) is 0. The van der Waals surface area contributed by atoms with E-state index in [2.05, 4.69) is 6.92 Å². The van der Waals surface area contributed by atoms with Crippen LogP contribution in [0.5, 0.6) is 0 Å². The summed E-state index contributed by atoms with van der Waals surface area (Å²) in [4.78, 5) is 26.7. The Labute approximate surface area is 134 Å². The van der Waals surface area contributed by atoms with Crippen molar-refractivity contribution in [3.05, 3.63) is 46.5 Å². The van der Waals surface area contributed by atoms with Crippen LogP contribution in [-0.2, 0) is 0 Å². The predicted octanol–water partition coefficient (Wildman–Crippen LogP) is 4.67. The minimum Gasteiger partial charge on any atom is -0.274 e. The second kappa shape index (κ2) is 6.09. The van der Waals surface area contributed by atoms with Crippen molar-refractivity contribution in [3.63, 3.8) is 0 Å². The standard InChI is InChI=1S/C18H18ClNO2/c1-2-3-4-5-11-20-17(21)13-8-6-7-12-15(19)10-9-14(16(12)13)18(20)22/h6-10H,2-5,11H2,1H3/i11+2. The molecule has 1 aliphatic rings. The molecule has 2 aromatic carbocycles. The van der Waals surface area contributed by atoms with Gasteiger partial charge in [-0.3, -0.25) is 14.5 Å². The van der Waals surface area contributed by atoms with E-state index in [-0.39, 0.29) is 11.8 Å². The van der Waals surface area contributed by atoms with Gasteiger partial charge in [0.25, 0.3) is 11.8 Å². The zero-order valence-corrected chi connectivity index (χ0v) is 13.3. The molecule has 1 heterocycles. The van der Waals surface area contributed by atoms with E-state index in [1.54, 1.807) is 18.2 Å². The molecule has 0 radical (unpaired) electrons. The van der Waals surface area contributed by atoms with Gasteiger partial charge >= 0.3 is 0 Å². The molecule has 0 atom stereocenters. The molecule has 22 heavy (non-hydrogen) atoms. The van der Waals surface area contributed by atoms with Gasteiger partial charge in [0, 0.05) is 33.5 Å². The first-order chi connectivity index (χ1) is 10.6. The molecular formula is C18H18ClNO2. The van der Waals surface area contributed by atoms with E-state index in [9.17, 15) is 9.59 Å². The minimum atomic E-state index is -0.207. The molecule has 2 aromatic rings. The fourth-order valence-electron chi connectivity index (χ4n) is 3.01. The van der Waals surface area contributed by atoms with E-state index in [4.69, 9.17) is 11.6 Å². The highest BCUT2D eigenvalue weighted by atomic mass is 35.5. The first-order valence-electron chi connectivity index (χ1n) is 7.72. The third kappa shape index (κ3) is 2.40. The smallest absolute Gasteiger partial charge is 0.261 e. The summed E-state index contributed by atoms with van der Waals surface area (Å²) >= 11 is 6.20. The van der Waals surface area contributed by atoms with Crippen LogP contribution in [0.1, 0.15) is 53.3 Å². The Kier molecular flexibility index (Phi) is 4.16. The van der Waals surface area contributed by atoms with Crippen LogP contribution in [0.3, 0.4) is 0 Å². The lowest BCUT2D eigenvalue weighted by Gasteiger charge is -2.27. The Morgan fingerprint density at radius 2 is 1.77 bits per heavy atom. The Balaban J connectivity index is 2.00. The van der Waals surface area contributed by atoms with Crippen molar-refractivity contribution in [2.75, 3.05) is 6.54 Å². The van der Waals surface area contributed by atoms with E-state index >= 15 is 0 Å². The first-order valence-corrected chi connectivity index (χ1v) is 8.10. The Bertz CT molecular complexity index is 732. The predicted molar refractivity (Wildman–Crippen MR) is 88.5 cm³/mol. The number of hydrogen-bond acceptors (Lipinski definition) is 2. The van der Waals surface area contributed by atoms with E-state index in [1.807, 2.05) is 12.1 Å². The summed E-state index contributed by atoms with van der Waals surface area (Å²) in [6, 6.07) is 8.89. The van der Waals surface area contributed by atoms with Gasteiger partial charge < -0.3 is 0 Å². The number of benzene rings is 2. The topological polar surface area (TPSA) is 37.4 Å². The minimum absolute atomic E-state index is 0.207. The van der Waals surface area contributed by atoms with Gasteiger partial charge in [-0.05, 0) is 24.6 Å². The van der Waals surface area contributed by atoms with Crippen molar-refractivity contribution < 1.29 is 9.59 Å². The SMILES string of the molecule is CCCCC[14CH2]N1C(=O)c2cccc3c(Cl)ccc(c23)C1=O. The Morgan fingerprint density at radius 3 is 2.50 bits per heavy atom. The van der Waals surface area contributed by atoms with Crippen molar-refractivity contribution in [2.45, 2.75) is 32.6 Å². The molecule has 0 bridgehead atoms. The molecule has 0 aromatic heterocycles. The maximum Gasteiger partial charge on any atom is 0.261 e. The van der Waals surface area contributed by atoms with Gasteiger partial charge in [-0.1, -0.05) is 49.9 Å². The van der Waals surface area contributed by atoms with Crippen molar-refractivity contribution >= 4 is 34.2 Å². The number of halogens is 1. The summed E-state index contributed by atoms with van der Waals surface area (Å²) < 4.78 is 0. The lowest BCUT2D eigenvalue weighted by Crippen LogP contribution is -2.40. The largest absolute Gasteiger partial charge is 0.274 e. The monoisotopic (exact) mass is 317 g/mol. The normalized spacial score (nSPS) is 14.0. The zero-order chi connectivity index (χ0) is 15.7. The molecule has 0 aliphatic carbocycles. The van der Waals surface area contributed by atoms with Crippen LogP contribution in [-0.4, -0.2) is 23.3 Å². The molecular weight excluding hydrogens is 300 g/mol. The van der Waals surface area contributed by atoms with Crippen LogP contribution < -0.4 is 0 Å². The fourth-order valence-corrected chi connectivity index (χ4v) is 3.23. The van der Waals surface area contributed by atoms with Gasteiger partial charge in [-0.15, -0.1) is 0 Å². The molecule has 0 saturated carbocycles. The van der Waals surface area contributed by atoms with Crippen molar-refractivity contribution in [2.24, 2.45) is 0 Å². The lowest BCUT2D eigenvalue weighted by atomic mass is 9.95. The van der Waals surface area contributed by atoms with Gasteiger partial charge in [0.15, 0.2) is 0 Å². The third-order valence-corrected chi connectivity index (χ3v) is 4.50. The van der Waals surface area contributed by atoms with Gasteiger partial charge in [0.1, 0.15) is 0 Å². The molecule has 0 unspecified atom stereocenters. The molecule has 0 fully saturated rings. The molecule has 1 aliphatic heterocycles. The summed E-state index contributed by atoms with van der Waals surface area (Å²) in [5.74, 6) is -0.413. The second-order valence-electron chi connectivity index (χ2n) is 5.65. The molecule has 114 valence electrons. The highest BCUT2D eigenvalue weighted by Crippen LogP contribution is 2.34. The quantitative estimate of drug-likeness (QED) is 0.593. The number of carbonyl (C=O) groups is 2. The van der Waals surface area contributed by atoms with Crippen molar-refractivity contribution in [3.8, 4) is 0 Å². The average molecular weight is 318 g/mol. The number of amides is 2. The fraction of sp³-hybridized carbons (Fsp3) is 0.333. The van der Waals surface area contributed by atoms with Crippen LogP contribution in [0.4, 0.5) is 0 Å². The van der Waals surface area contributed by atoms with Gasteiger partial charge in [-0.25, -0.2) is 0 Å². The molecule has 3 nitrogen and oxygen atoms in total. The number of carbonyl (C=O) groups excluding carboxylic acids is 2. The summed E-state index contributed by atoms with van der Waals surface area (Å²) in [5, 5.41) is 2.02. The Hall–Kier alpha value is -1.87. The summed E-state index contributed by atoms with van der Waals surface area (Å²) in [7, 11) is 0. The zero-order valence-electron chi connectivity index (χ0n) is 12.6. The number of nitrogens with zero attached hydrogens (tertiary/aromatic N) is 1. The molecule has 3 rings (SSSR count). The lowest BCUT2D eigenvalue weighted by molar-refractivity contribution is 0.0608. The number of unbranched alkanes of at least 4 members (excludes halogenated alkanes) is 3. The van der Waals surface area contributed by atoms with E-state index in [0.717, 1.165) is 31.1 Å². The van der Waals surface area contributed by atoms with Gasteiger partial charge in [0.05, 0.1) is 0 Å². The van der Waals surface area contributed by atoms with Crippen LogP contribution in [0.25, 0.3) is 10.8 Å². The maximum atomic E-state index is 12.7. The van der Waals surface area contributed by atoms with Crippen LogP contribution in [0.2, 0.25) is 5.02 Å². The van der Waals surface area contributed by atoms with Gasteiger partial charge in [0.2, 0.25) is 0 Å². The molecule has 0 saturated heterocycles. The average Bonchev–Trinajstić information content (AvgIpc) is 2.53. The molecule has 0 spiro atoms. The summed E-state index contributed by atoms with van der Waals surface area (Å²) in [5.41, 5.74) is 1.15.